The summed E-state index contributed by atoms with van der Waals surface area (Å²) in [5.41, 5.74) is 1.12. The SMILES string of the molecule is CC1(C)C(=O)C[C@H]1c1ccc(Br)cc1. The van der Waals surface area contributed by atoms with Gasteiger partial charge in [0.2, 0.25) is 0 Å². The highest BCUT2D eigenvalue weighted by Crippen LogP contribution is 2.49. The van der Waals surface area contributed by atoms with E-state index in [0.29, 0.717) is 18.1 Å². The average Bonchev–Trinajstić information content (AvgIpc) is 2.16. The number of hydrogen-bond donors (Lipinski definition) is 0. The zero-order chi connectivity index (χ0) is 10.3. The van der Waals surface area contributed by atoms with Gasteiger partial charge in [0.1, 0.15) is 5.78 Å². The molecule has 1 aromatic carbocycles. The van der Waals surface area contributed by atoms with Gasteiger partial charge in [0.15, 0.2) is 0 Å². The summed E-state index contributed by atoms with van der Waals surface area (Å²) in [4.78, 5) is 11.4. The third-order valence-corrected chi connectivity index (χ3v) is 3.78. The van der Waals surface area contributed by atoms with Crippen LogP contribution in [0.5, 0.6) is 0 Å². The molecule has 1 aliphatic rings. The molecule has 74 valence electrons. The van der Waals surface area contributed by atoms with Crippen LogP contribution in [-0.4, -0.2) is 5.78 Å². The van der Waals surface area contributed by atoms with Crippen molar-refractivity contribution in [2.24, 2.45) is 5.41 Å². The van der Waals surface area contributed by atoms with Gasteiger partial charge in [-0.3, -0.25) is 4.79 Å². The maximum absolute atomic E-state index is 11.4. The molecule has 2 rings (SSSR count). The summed E-state index contributed by atoms with van der Waals surface area (Å²) in [7, 11) is 0. The Labute approximate surface area is 92.6 Å². The van der Waals surface area contributed by atoms with E-state index < -0.39 is 0 Å². The zero-order valence-corrected chi connectivity index (χ0v) is 9.97. The van der Waals surface area contributed by atoms with Crippen LogP contribution in [-0.2, 0) is 4.79 Å². The third-order valence-electron chi connectivity index (χ3n) is 3.25. The van der Waals surface area contributed by atoms with Gasteiger partial charge in [0.25, 0.3) is 0 Å². The molecular formula is C12H13BrO. The van der Waals surface area contributed by atoms with E-state index in [-0.39, 0.29) is 5.41 Å². The monoisotopic (exact) mass is 252 g/mol. The van der Waals surface area contributed by atoms with Crippen LogP contribution in [0.25, 0.3) is 0 Å². The van der Waals surface area contributed by atoms with E-state index in [9.17, 15) is 4.79 Å². The van der Waals surface area contributed by atoms with E-state index in [4.69, 9.17) is 0 Å². The second-order valence-electron chi connectivity index (χ2n) is 4.45. The fraction of sp³-hybridized carbons (Fsp3) is 0.417. The summed E-state index contributed by atoms with van der Waals surface area (Å²) in [5.74, 6) is 0.786. The lowest BCUT2D eigenvalue weighted by Gasteiger charge is -2.42. The Morgan fingerprint density at radius 3 is 2.29 bits per heavy atom. The summed E-state index contributed by atoms with van der Waals surface area (Å²) >= 11 is 3.41. The molecular weight excluding hydrogens is 240 g/mol. The molecule has 0 saturated heterocycles. The Balaban J connectivity index is 2.26. The molecule has 0 aromatic heterocycles. The summed E-state index contributed by atoms with van der Waals surface area (Å²) < 4.78 is 1.09. The van der Waals surface area contributed by atoms with Gasteiger partial charge in [0, 0.05) is 22.2 Å². The van der Waals surface area contributed by atoms with Gasteiger partial charge >= 0.3 is 0 Å². The largest absolute Gasteiger partial charge is 0.299 e. The van der Waals surface area contributed by atoms with Crippen LogP contribution in [0.4, 0.5) is 0 Å². The van der Waals surface area contributed by atoms with Crippen molar-refractivity contribution < 1.29 is 4.79 Å². The number of benzene rings is 1. The molecule has 0 amide bonds. The van der Waals surface area contributed by atoms with Gasteiger partial charge in [-0.2, -0.15) is 0 Å². The Kier molecular flexibility index (Phi) is 2.26. The van der Waals surface area contributed by atoms with Crippen molar-refractivity contribution in [1.82, 2.24) is 0 Å². The second-order valence-corrected chi connectivity index (χ2v) is 5.37. The molecule has 1 atom stereocenters. The van der Waals surface area contributed by atoms with Crippen molar-refractivity contribution in [2.45, 2.75) is 26.2 Å². The highest BCUT2D eigenvalue weighted by Gasteiger charge is 2.47. The average molecular weight is 253 g/mol. The van der Waals surface area contributed by atoms with Crippen LogP contribution in [0.1, 0.15) is 31.7 Å². The van der Waals surface area contributed by atoms with Crippen LogP contribution in [0, 0.1) is 5.41 Å². The van der Waals surface area contributed by atoms with Gasteiger partial charge in [-0.1, -0.05) is 41.9 Å². The molecule has 2 heteroatoms. The fourth-order valence-corrected chi connectivity index (χ4v) is 2.26. The first-order chi connectivity index (χ1) is 6.51. The number of carbonyl (C=O) groups excluding carboxylic acids is 1. The molecule has 14 heavy (non-hydrogen) atoms. The topological polar surface area (TPSA) is 17.1 Å². The van der Waals surface area contributed by atoms with Crippen molar-refractivity contribution in [1.29, 1.82) is 0 Å². The number of Topliss-reactive ketones (excluding diaryl/α,β-unsaturated/α-hetero) is 1. The predicted molar refractivity (Wildman–Crippen MR) is 60.3 cm³/mol. The lowest BCUT2D eigenvalue weighted by Crippen LogP contribution is -2.43. The highest BCUT2D eigenvalue weighted by molar-refractivity contribution is 9.10. The quantitative estimate of drug-likeness (QED) is 0.748. The lowest BCUT2D eigenvalue weighted by atomic mass is 9.59. The molecule has 1 saturated carbocycles. The predicted octanol–water partition coefficient (Wildman–Crippen LogP) is 3.53. The number of ketones is 1. The first-order valence-corrected chi connectivity index (χ1v) is 5.60. The lowest BCUT2D eigenvalue weighted by molar-refractivity contribution is -0.137. The van der Waals surface area contributed by atoms with E-state index in [2.05, 4.69) is 28.1 Å². The van der Waals surface area contributed by atoms with Crippen molar-refractivity contribution >= 4 is 21.7 Å². The summed E-state index contributed by atoms with van der Waals surface area (Å²) in [6.07, 6.45) is 0.703. The van der Waals surface area contributed by atoms with Crippen LogP contribution < -0.4 is 0 Å². The molecule has 0 radical (unpaired) electrons. The maximum Gasteiger partial charge on any atom is 0.139 e. The summed E-state index contributed by atoms with van der Waals surface area (Å²) in [5, 5.41) is 0. The van der Waals surface area contributed by atoms with Gasteiger partial charge in [-0.25, -0.2) is 0 Å². The number of hydrogen-bond acceptors (Lipinski definition) is 1. The van der Waals surface area contributed by atoms with Gasteiger partial charge < -0.3 is 0 Å². The Morgan fingerprint density at radius 2 is 1.86 bits per heavy atom. The normalized spacial score (nSPS) is 24.5. The van der Waals surface area contributed by atoms with Crippen LogP contribution >= 0.6 is 15.9 Å². The van der Waals surface area contributed by atoms with Crippen molar-refractivity contribution in [3.63, 3.8) is 0 Å². The van der Waals surface area contributed by atoms with Crippen LogP contribution in [0.3, 0.4) is 0 Å². The smallest absolute Gasteiger partial charge is 0.139 e. The zero-order valence-electron chi connectivity index (χ0n) is 8.38. The Hall–Kier alpha value is -0.630. The number of rotatable bonds is 1. The Morgan fingerprint density at radius 1 is 1.29 bits per heavy atom. The molecule has 1 aromatic rings. The fourth-order valence-electron chi connectivity index (χ4n) is 2.00. The number of halogens is 1. The molecule has 0 heterocycles. The van der Waals surface area contributed by atoms with Gasteiger partial charge in [-0.15, -0.1) is 0 Å². The summed E-state index contributed by atoms with van der Waals surface area (Å²) in [6, 6.07) is 8.27. The van der Waals surface area contributed by atoms with Crippen molar-refractivity contribution in [2.75, 3.05) is 0 Å². The molecule has 1 nitrogen and oxygen atoms in total. The molecule has 0 N–H and O–H groups in total. The Bertz CT molecular complexity index is 364. The van der Waals surface area contributed by atoms with E-state index in [1.165, 1.54) is 5.56 Å². The maximum atomic E-state index is 11.4. The van der Waals surface area contributed by atoms with E-state index >= 15 is 0 Å². The first-order valence-electron chi connectivity index (χ1n) is 4.80. The first kappa shape index (κ1) is 9.91. The minimum atomic E-state index is -0.159. The standard InChI is InChI=1S/C12H13BrO/c1-12(2)10(7-11(12)14)8-3-5-9(13)6-4-8/h3-6,10H,7H2,1-2H3/t10-/m0/s1. The van der Waals surface area contributed by atoms with Crippen molar-refractivity contribution in [3.05, 3.63) is 34.3 Å². The molecule has 0 spiro atoms. The van der Waals surface area contributed by atoms with E-state index in [1.54, 1.807) is 0 Å². The molecule has 1 aliphatic carbocycles. The molecule has 0 bridgehead atoms. The van der Waals surface area contributed by atoms with Crippen LogP contribution in [0.15, 0.2) is 28.7 Å². The van der Waals surface area contributed by atoms with Crippen molar-refractivity contribution in [3.8, 4) is 0 Å². The van der Waals surface area contributed by atoms with Crippen LogP contribution in [0.2, 0.25) is 0 Å². The van der Waals surface area contributed by atoms with Gasteiger partial charge in [-0.05, 0) is 17.7 Å². The molecule has 1 fully saturated rings. The minimum Gasteiger partial charge on any atom is -0.299 e. The molecule has 0 aliphatic heterocycles. The second kappa shape index (κ2) is 3.20. The van der Waals surface area contributed by atoms with E-state index in [1.807, 2.05) is 26.0 Å². The third kappa shape index (κ3) is 1.42. The minimum absolute atomic E-state index is 0.159. The highest BCUT2D eigenvalue weighted by atomic mass is 79.9. The molecule has 0 unspecified atom stereocenters. The summed E-state index contributed by atoms with van der Waals surface area (Å²) in [6.45, 7) is 4.07. The number of carbonyl (C=O) groups is 1. The van der Waals surface area contributed by atoms with Gasteiger partial charge in [0.05, 0.1) is 0 Å². The van der Waals surface area contributed by atoms with E-state index in [0.717, 1.165) is 4.47 Å².